The maximum atomic E-state index is 11.7. The summed E-state index contributed by atoms with van der Waals surface area (Å²) in [4.78, 5) is 17.7. The number of thiophene rings is 1. The zero-order valence-electron chi connectivity index (χ0n) is 17.0. The van der Waals surface area contributed by atoms with Gasteiger partial charge in [-0.2, -0.15) is 0 Å². The lowest BCUT2D eigenvalue weighted by Crippen LogP contribution is -2.31. The highest BCUT2D eigenvalue weighted by Crippen LogP contribution is 2.34. The Morgan fingerprint density at radius 3 is 2.87 bits per heavy atom. The molecule has 156 valence electrons. The van der Waals surface area contributed by atoms with Crippen LogP contribution in [-0.4, -0.2) is 39.2 Å². The van der Waals surface area contributed by atoms with Crippen molar-refractivity contribution in [2.45, 2.75) is 39.8 Å². The summed E-state index contributed by atoms with van der Waals surface area (Å²) < 4.78 is 7.34. The molecule has 0 saturated carbocycles. The number of carbonyl (C=O) groups excluding carboxylic acids is 1. The normalized spacial score (nSPS) is 12.8. The first-order valence-electron chi connectivity index (χ1n) is 9.71. The molecule has 9 heteroatoms. The van der Waals surface area contributed by atoms with Crippen LogP contribution in [0.4, 0.5) is 4.79 Å². The van der Waals surface area contributed by atoms with Crippen molar-refractivity contribution in [1.29, 1.82) is 0 Å². The molecule has 0 bridgehead atoms. The van der Waals surface area contributed by atoms with Crippen LogP contribution >= 0.6 is 22.9 Å². The fourth-order valence-corrected chi connectivity index (χ4v) is 4.73. The second kappa shape index (κ2) is 8.57. The molecule has 0 spiro atoms. The van der Waals surface area contributed by atoms with Gasteiger partial charge in [0.15, 0.2) is 5.82 Å². The topological polar surface area (TPSA) is 81.4 Å². The number of nitrogens with one attached hydrogen (secondary N) is 1. The van der Waals surface area contributed by atoms with Crippen LogP contribution in [0.3, 0.4) is 0 Å². The number of fused-ring (bicyclic) bond motifs is 3. The number of alkyl carbamates (subject to hydrolysis) is 1. The number of amides is 1. The smallest absolute Gasteiger partial charge is 0.407 e. The van der Waals surface area contributed by atoms with Crippen LogP contribution in [0, 0.1) is 6.92 Å². The SMILES string of the molecule is Cc1nnc2n1-c1sc(CCOC(=O)NC(C)C)cc1C(c1ccccc1Cl)=NC2. The second-order valence-corrected chi connectivity index (χ2v) is 8.78. The van der Waals surface area contributed by atoms with Gasteiger partial charge in [0, 0.05) is 33.5 Å². The highest BCUT2D eigenvalue weighted by molar-refractivity contribution is 7.15. The third kappa shape index (κ3) is 4.11. The van der Waals surface area contributed by atoms with Crippen molar-refractivity contribution in [2.24, 2.45) is 4.99 Å². The molecule has 30 heavy (non-hydrogen) atoms. The first-order chi connectivity index (χ1) is 14.4. The van der Waals surface area contributed by atoms with Gasteiger partial charge in [-0.3, -0.25) is 9.56 Å². The third-order valence-corrected chi connectivity index (χ3v) is 6.12. The minimum Gasteiger partial charge on any atom is -0.449 e. The fraction of sp³-hybridized carbons (Fsp3) is 0.333. The Hall–Kier alpha value is -2.71. The summed E-state index contributed by atoms with van der Waals surface area (Å²) in [5.41, 5.74) is 2.70. The Kier molecular flexibility index (Phi) is 5.87. The van der Waals surface area contributed by atoms with E-state index in [-0.39, 0.29) is 6.04 Å². The first-order valence-corrected chi connectivity index (χ1v) is 10.9. The van der Waals surface area contributed by atoms with Crippen LogP contribution < -0.4 is 5.32 Å². The summed E-state index contributed by atoms with van der Waals surface area (Å²) in [6, 6.07) is 9.83. The van der Waals surface area contributed by atoms with Gasteiger partial charge in [-0.15, -0.1) is 21.5 Å². The van der Waals surface area contributed by atoms with Crippen LogP contribution in [-0.2, 0) is 17.7 Å². The van der Waals surface area contributed by atoms with Gasteiger partial charge in [0.1, 0.15) is 17.4 Å². The monoisotopic (exact) mass is 443 g/mol. The summed E-state index contributed by atoms with van der Waals surface area (Å²) in [7, 11) is 0. The number of ether oxygens (including phenoxy) is 1. The molecule has 3 aromatic rings. The summed E-state index contributed by atoms with van der Waals surface area (Å²) in [6.45, 7) is 6.44. The van der Waals surface area contributed by atoms with E-state index in [0.29, 0.717) is 24.6 Å². The molecule has 4 rings (SSSR count). The van der Waals surface area contributed by atoms with E-state index in [9.17, 15) is 4.79 Å². The van der Waals surface area contributed by atoms with Crippen molar-refractivity contribution >= 4 is 34.7 Å². The summed E-state index contributed by atoms with van der Waals surface area (Å²) in [6.07, 6.45) is 0.202. The molecule has 7 nitrogen and oxygen atoms in total. The number of hydrogen-bond donors (Lipinski definition) is 1. The van der Waals surface area contributed by atoms with Crippen molar-refractivity contribution in [3.05, 3.63) is 63.0 Å². The number of nitrogens with zero attached hydrogens (tertiary/aromatic N) is 4. The molecule has 1 aromatic carbocycles. The van der Waals surface area contributed by atoms with Gasteiger partial charge in [0.05, 0.1) is 12.3 Å². The molecule has 0 saturated heterocycles. The first kappa shape index (κ1) is 20.6. The Balaban J connectivity index is 1.67. The lowest BCUT2D eigenvalue weighted by molar-refractivity contribution is 0.145. The van der Waals surface area contributed by atoms with E-state index in [2.05, 4.69) is 21.6 Å². The van der Waals surface area contributed by atoms with Gasteiger partial charge in [-0.25, -0.2) is 4.79 Å². The number of hydrogen-bond acceptors (Lipinski definition) is 6. The van der Waals surface area contributed by atoms with Crippen molar-refractivity contribution in [3.63, 3.8) is 0 Å². The zero-order valence-corrected chi connectivity index (χ0v) is 18.5. The zero-order chi connectivity index (χ0) is 21.3. The lowest BCUT2D eigenvalue weighted by atomic mass is 10.0. The number of benzene rings is 1. The van der Waals surface area contributed by atoms with E-state index in [1.54, 1.807) is 11.3 Å². The highest BCUT2D eigenvalue weighted by Gasteiger charge is 2.25. The highest BCUT2D eigenvalue weighted by atomic mass is 35.5. The molecule has 2 aromatic heterocycles. The largest absolute Gasteiger partial charge is 0.449 e. The molecule has 1 aliphatic heterocycles. The molecule has 1 aliphatic rings. The molecular formula is C21H22ClN5O2S. The van der Waals surface area contributed by atoms with Gasteiger partial charge in [0.2, 0.25) is 0 Å². The predicted octanol–water partition coefficient (Wildman–Crippen LogP) is 4.32. The maximum absolute atomic E-state index is 11.7. The van der Waals surface area contributed by atoms with Gasteiger partial charge in [-0.05, 0) is 32.9 Å². The third-order valence-electron chi connectivity index (χ3n) is 4.61. The predicted molar refractivity (Wildman–Crippen MR) is 118 cm³/mol. The molecule has 0 aliphatic carbocycles. The molecule has 0 unspecified atom stereocenters. The van der Waals surface area contributed by atoms with E-state index in [1.807, 2.05) is 49.6 Å². The number of aromatic nitrogens is 3. The molecular weight excluding hydrogens is 422 g/mol. The van der Waals surface area contributed by atoms with Gasteiger partial charge in [0.25, 0.3) is 0 Å². The van der Waals surface area contributed by atoms with Crippen LogP contribution in [0.25, 0.3) is 5.00 Å². The van der Waals surface area contributed by atoms with Crippen LogP contribution in [0.2, 0.25) is 5.02 Å². The van der Waals surface area contributed by atoms with Crippen molar-refractivity contribution in [2.75, 3.05) is 6.61 Å². The van der Waals surface area contributed by atoms with Crippen molar-refractivity contribution < 1.29 is 9.53 Å². The number of aryl methyl sites for hydroxylation is 1. The summed E-state index contributed by atoms with van der Waals surface area (Å²) in [5.74, 6) is 1.60. The number of halogens is 1. The molecule has 3 heterocycles. The van der Waals surface area contributed by atoms with Crippen molar-refractivity contribution in [3.8, 4) is 5.00 Å². The Bertz CT molecular complexity index is 1120. The van der Waals surface area contributed by atoms with Gasteiger partial charge < -0.3 is 10.1 Å². The molecule has 1 amide bonds. The standard InChI is InChI=1S/C21H22ClN5O2S/c1-12(2)24-21(28)29-9-8-14-10-16-19(15-6-4-5-7-17(15)22)23-11-18-26-25-13(3)27(18)20(16)30-14/h4-7,10,12H,8-9,11H2,1-3H3,(H,24,28). The molecule has 0 fully saturated rings. The minimum atomic E-state index is -0.404. The molecule has 0 atom stereocenters. The second-order valence-electron chi connectivity index (χ2n) is 7.26. The Labute approximate surface area is 183 Å². The fourth-order valence-electron chi connectivity index (χ4n) is 3.30. The Morgan fingerprint density at radius 1 is 1.30 bits per heavy atom. The lowest BCUT2D eigenvalue weighted by Gasteiger charge is -2.08. The summed E-state index contributed by atoms with van der Waals surface area (Å²) >= 11 is 8.11. The quantitative estimate of drug-likeness (QED) is 0.636. The van der Waals surface area contributed by atoms with E-state index in [4.69, 9.17) is 21.3 Å². The van der Waals surface area contributed by atoms with Crippen LogP contribution in [0.15, 0.2) is 35.3 Å². The molecule has 1 N–H and O–H groups in total. The van der Waals surface area contributed by atoms with Crippen molar-refractivity contribution in [1.82, 2.24) is 20.1 Å². The van der Waals surface area contributed by atoms with Crippen LogP contribution in [0.5, 0.6) is 0 Å². The van der Waals surface area contributed by atoms with E-state index < -0.39 is 6.09 Å². The average molecular weight is 444 g/mol. The summed E-state index contributed by atoms with van der Waals surface area (Å²) in [5, 5.41) is 12.9. The number of rotatable bonds is 5. The van der Waals surface area contributed by atoms with E-state index in [0.717, 1.165) is 38.4 Å². The van der Waals surface area contributed by atoms with E-state index in [1.165, 1.54) is 0 Å². The number of carbonyl (C=O) groups is 1. The maximum Gasteiger partial charge on any atom is 0.407 e. The number of aliphatic imine (C=N–C) groups is 1. The average Bonchev–Trinajstić information content (AvgIpc) is 3.22. The molecule has 0 radical (unpaired) electrons. The van der Waals surface area contributed by atoms with E-state index >= 15 is 0 Å². The van der Waals surface area contributed by atoms with Gasteiger partial charge >= 0.3 is 6.09 Å². The van der Waals surface area contributed by atoms with Crippen LogP contribution in [0.1, 0.15) is 41.5 Å². The Morgan fingerprint density at radius 2 is 2.10 bits per heavy atom. The van der Waals surface area contributed by atoms with Gasteiger partial charge in [-0.1, -0.05) is 29.8 Å². The minimum absolute atomic E-state index is 0.0415.